The Morgan fingerprint density at radius 2 is 2.38 bits per heavy atom. The molecule has 1 aliphatic heterocycles. The van der Waals surface area contributed by atoms with Crippen molar-refractivity contribution in [2.45, 2.75) is 32.2 Å². The van der Waals surface area contributed by atoms with E-state index in [0.29, 0.717) is 6.04 Å². The summed E-state index contributed by atoms with van der Waals surface area (Å²) in [5.41, 5.74) is 0. The quantitative estimate of drug-likeness (QED) is 0.576. The van der Waals surface area contributed by atoms with Gasteiger partial charge in [0, 0.05) is 25.7 Å². The lowest BCUT2D eigenvalue weighted by Crippen LogP contribution is -2.33. The average Bonchev–Trinajstić information content (AvgIpc) is 2.63. The van der Waals surface area contributed by atoms with Crippen LogP contribution in [0.25, 0.3) is 0 Å². The Balaban J connectivity index is 1.78. The summed E-state index contributed by atoms with van der Waals surface area (Å²) in [6.07, 6.45) is 3.67. The molecule has 1 saturated heterocycles. The maximum absolute atomic E-state index is 5.45. The molecule has 0 aromatic rings. The first-order valence-electron chi connectivity index (χ1n) is 5.45. The van der Waals surface area contributed by atoms with Crippen molar-refractivity contribution in [1.82, 2.24) is 10.6 Å². The first-order chi connectivity index (χ1) is 6.43. The highest BCUT2D eigenvalue weighted by atomic mass is 16.5. The minimum absolute atomic E-state index is 0.676. The number of nitrogens with one attached hydrogen (secondary N) is 2. The molecule has 0 bridgehead atoms. The third kappa shape index (κ3) is 5.24. The van der Waals surface area contributed by atoms with Crippen LogP contribution >= 0.6 is 0 Å². The molecule has 0 amide bonds. The normalized spacial score (nSPS) is 22.4. The van der Waals surface area contributed by atoms with Crippen LogP contribution in [0, 0.1) is 0 Å². The molecule has 3 nitrogen and oxygen atoms in total. The van der Waals surface area contributed by atoms with Crippen LogP contribution in [0.3, 0.4) is 0 Å². The molecule has 0 saturated carbocycles. The molecule has 0 aliphatic carbocycles. The van der Waals surface area contributed by atoms with Crippen LogP contribution in [0.5, 0.6) is 0 Å². The van der Waals surface area contributed by atoms with Crippen LogP contribution in [0.2, 0.25) is 0 Å². The van der Waals surface area contributed by atoms with Crippen molar-refractivity contribution in [3.8, 4) is 0 Å². The lowest BCUT2D eigenvalue weighted by Gasteiger charge is -2.10. The number of unbranched alkanes of at least 4 members (excludes halogenated alkanes) is 1. The minimum Gasteiger partial charge on any atom is -0.380 e. The third-order valence-electron chi connectivity index (χ3n) is 2.38. The first-order valence-corrected chi connectivity index (χ1v) is 5.45. The molecule has 2 N–H and O–H groups in total. The van der Waals surface area contributed by atoms with Crippen LogP contribution in [0.4, 0.5) is 0 Å². The Kier molecular flexibility index (Phi) is 6.15. The van der Waals surface area contributed by atoms with Gasteiger partial charge in [-0.2, -0.15) is 0 Å². The monoisotopic (exact) mass is 186 g/mol. The summed E-state index contributed by atoms with van der Waals surface area (Å²) in [6.45, 7) is 7.24. The molecule has 1 heterocycles. The molecule has 1 aliphatic rings. The van der Waals surface area contributed by atoms with E-state index in [1.54, 1.807) is 0 Å². The second kappa shape index (κ2) is 7.30. The van der Waals surface area contributed by atoms with Gasteiger partial charge < -0.3 is 15.4 Å². The van der Waals surface area contributed by atoms with Crippen LogP contribution in [-0.4, -0.2) is 38.9 Å². The number of hydrogen-bond acceptors (Lipinski definition) is 3. The zero-order valence-electron chi connectivity index (χ0n) is 8.64. The Morgan fingerprint density at radius 1 is 1.46 bits per heavy atom. The van der Waals surface area contributed by atoms with Crippen LogP contribution in [0.1, 0.15) is 26.2 Å². The van der Waals surface area contributed by atoms with Gasteiger partial charge in [0.25, 0.3) is 0 Å². The van der Waals surface area contributed by atoms with Gasteiger partial charge in [-0.05, 0) is 19.4 Å². The van der Waals surface area contributed by atoms with E-state index in [2.05, 4.69) is 17.6 Å². The minimum atomic E-state index is 0.676. The fourth-order valence-electron chi connectivity index (χ4n) is 1.51. The van der Waals surface area contributed by atoms with E-state index >= 15 is 0 Å². The predicted octanol–water partition coefficient (Wildman–Crippen LogP) is 0.755. The Bertz CT molecular complexity index is 113. The van der Waals surface area contributed by atoms with Gasteiger partial charge in [0.15, 0.2) is 0 Å². The summed E-state index contributed by atoms with van der Waals surface area (Å²) in [5, 5.41) is 6.80. The van der Waals surface area contributed by atoms with Crippen LogP contribution in [-0.2, 0) is 4.74 Å². The summed E-state index contributed by atoms with van der Waals surface area (Å²) < 4.78 is 5.45. The molecule has 3 heteroatoms. The van der Waals surface area contributed by atoms with Gasteiger partial charge in [0.2, 0.25) is 0 Å². The smallest absolute Gasteiger partial charge is 0.0591 e. The molecule has 0 radical (unpaired) electrons. The van der Waals surface area contributed by atoms with Gasteiger partial charge in [0.1, 0.15) is 0 Å². The van der Waals surface area contributed by atoms with Crippen molar-refractivity contribution in [3.63, 3.8) is 0 Å². The van der Waals surface area contributed by atoms with Gasteiger partial charge in [0.05, 0.1) is 6.61 Å². The zero-order valence-corrected chi connectivity index (χ0v) is 8.64. The van der Waals surface area contributed by atoms with Crippen molar-refractivity contribution in [3.05, 3.63) is 0 Å². The zero-order chi connectivity index (χ0) is 9.36. The highest BCUT2D eigenvalue weighted by molar-refractivity contribution is 4.76. The lowest BCUT2D eigenvalue weighted by atomic mass is 10.3. The number of hydrogen-bond donors (Lipinski definition) is 2. The predicted molar refractivity (Wildman–Crippen MR) is 55.0 cm³/mol. The van der Waals surface area contributed by atoms with Crippen LogP contribution < -0.4 is 10.6 Å². The molecule has 78 valence electrons. The Labute approximate surface area is 81.2 Å². The molecule has 1 rings (SSSR count). The Hall–Kier alpha value is -0.120. The number of rotatable bonds is 7. The molecule has 1 atom stereocenters. The second-order valence-electron chi connectivity index (χ2n) is 3.61. The highest BCUT2D eigenvalue weighted by Crippen LogP contribution is 1.95. The molecule has 0 aromatic heterocycles. The fourth-order valence-corrected chi connectivity index (χ4v) is 1.51. The maximum atomic E-state index is 5.45. The van der Waals surface area contributed by atoms with E-state index in [1.807, 2.05) is 0 Å². The van der Waals surface area contributed by atoms with E-state index in [1.165, 1.54) is 19.3 Å². The molecule has 0 aromatic carbocycles. The van der Waals surface area contributed by atoms with Gasteiger partial charge in [-0.15, -0.1) is 0 Å². The molecule has 0 spiro atoms. The van der Waals surface area contributed by atoms with E-state index in [-0.39, 0.29) is 0 Å². The second-order valence-corrected chi connectivity index (χ2v) is 3.61. The van der Waals surface area contributed by atoms with E-state index < -0.39 is 0 Å². The van der Waals surface area contributed by atoms with Gasteiger partial charge in [-0.3, -0.25) is 0 Å². The largest absolute Gasteiger partial charge is 0.380 e. The van der Waals surface area contributed by atoms with Gasteiger partial charge in [-0.1, -0.05) is 13.3 Å². The van der Waals surface area contributed by atoms with Crippen LogP contribution in [0.15, 0.2) is 0 Å². The van der Waals surface area contributed by atoms with Crippen molar-refractivity contribution in [2.24, 2.45) is 0 Å². The maximum Gasteiger partial charge on any atom is 0.0591 e. The Morgan fingerprint density at radius 3 is 3.08 bits per heavy atom. The van der Waals surface area contributed by atoms with Crippen molar-refractivity contribution >= 4 is 0 Å². The topological polar surface area (TPSA) is 33.3 Å². The van der Waals surface area contributed by atoms with Gasteiger partial charge in [-0.25, -0.2) is 0 Å². The standard InChI is InChI=1S/C10H22N2O/c1-2-3-7-13-8-6-12-10-4-5-11-9-10/h10-12H,2-9H2,1H3. The summed E-state index contributed by atoms with van der Waals surface area (Å²) in [7, 11) is 0. The first kappa shape index (κ1) is 11.0. The summed E-state index contributed by atoms with van der Waals surface area (Å²) >= 11 is 0. The highest BCUT2D eigenvalue weighted by Gasteiger charge is 2.12. The molecular weight excluding hydrogens is 164 g/mol. The lowest BCUT2D eigenvalue weighted by molar-refractivity contribution is 0.131. The molecule has 1 unspecified atom stereocenters. The third-order valence-corrected chi connectivity index (χ3v) is 2.38. The van der Waals surface area contributed by atoms with Crippen molar-refractivity contribution < 1.29 is 4.74 Å². The molecule has 1 fully saturated rings. The molecular formula is C10H22N2O. The van der Waals surface area contributed by atoms with E-state index in [9.17, 15) is 0 Å². The molecule has 13 heavy (non-hydrogen) atoms. The fraction of sp³-hybridized carbons (Fsp3) is 1.00. The van der Waals surface area contributed by atoms with Crippen molar-refractivity contribution in [2.75, 3.05) is 32.8 Å². The van der Waals surface area contributed by atoms with Crippen molar-refractivity contribution in [1.29, 1.82) is 0 Å². The van der Waals surface area contributed by atoms with Gasteiger partial charge >= 0.3 is 0 Å². The van der Waals surface area contributed by atoms with E-state index in [4.69, 9.17) is 4.74 Å². The summed E-state index contributed by atoms with van der Waals surface area (Å²) in [5.74, 6) is 0. The average molecular weight is 186 g/mol. The number of ether oxygens (including phenoxy) is 1. The SMILES string of the molecule is CCCCOCCNC1CCNC1. The van der Waals surface area contributed by atoms with E-state index in [0.717, 1.165) is 32.8 Å². The summed E-state index contributed by atoms with van der Waals surface area (Å²) in [6, 6.07) is 0.676. The summed E-state index contributed by atoms with van der Waals surface area (Å²) in [4.78, 5) is 0.